The van der Waals surface area contributed by atoms with Crippen LogP contribution in [0.2, 0.25) is 0 Å². The highest BCUT2D eigenvalue weighted by Gasteiger charge is 2.34. The summed E-state index contributed by atoms with van der Waals surface area (Å²) in [5.41, 5.74) is 6.87. The van der Waals surface area contributed by atoms with Crippen molar-refractivity contribution >= 4 is 51.5 Å². The molecule has 0 aromatic heterocycles. The number of alkyl halides is 3. The van der Waals surface area contributed by atoms with Crippen molar-refractivity contribution in [1.82, 2.24) is 10.2 Å². The van der Waals surface area contributed by atoms with Crippen molar-refractivity contribution in [2.45, 2.75) is 54.8 Å². The monoisotopic (exact) mass is 716 g/mol. The van der Waals surface area contributed by atoms with Crippen LogP contribution in [0.15, 0.2) is 115 Å². The molecule has 1 saturated heterocycles. The first-order valence-corrected chi connectivity index (χ1v) is 17.4. The molecule has 0 saturated carbocycles. The Morgan fingerprint density at radius 1 is 0.837 bits per heavy atom. The number of amides is 1. The predicted molar refractivity (Wildman–Crippen MR) is 197 cm³/mol. The molecule has 6 nitrogen and oxygen atoms in total. The van der Waals surface area contributed by atoms with Crippen molar-refractivity contribution < 1.29 is 19.4 Å². The second kappa shape index (κ2) is 15.6. The highest BCUT2D eigenvalue weighted by molar-refractivity contribution is 6.76. The lowest BCUT2D eigenvalue weighted by atomic mass is 9.97. The summed E-state index contributed by atoms with van der Waals surface area (Å²) in [7, 11) is 2.14. The molecule has 1 heterocycles. The summed E-state index contributed by atoms with van der Waals surface area (Å²) < 4.78 is 11.4. The number of aliphatic hydroxyl groups is 1. The number of ether oxygens (including phenoxy) is 2. The summed E-state index contributed by atoms with van der Waals surface area (Å²) in [6.07, 6.45) is -0.222. The zero-order chi connectivity index (χ0) is 34.5. The van der Waals surface area contributed by atoms with Crippen LogP contribution >= 0.6 is 34.8 Å². The number of hydrogen-bond donors (Lipinski definition) is 2. The Morgan fingerprint density at radius 2 is 1.55 bits per heavy atom. The van der Waals surface area contributed by atoms with Gasteiger partial charge in [-0.2, -0.15) is 0 Å². The van der Waals surface area contributed by atoms with Crippen LogP contribution in [0.25, 0.3) is 21.9 Å². The molecule has 1 amide bonds. The van der Waals surface area contributed by atoms with Crippen molar-refractivity contribution in [1.29, 1.82) is 0 Å². The van der Waals surface area contributed by atoms with E-state index in [0.29, 0.717) is 13.0 Å². The van der Waals surface area contributed by atoms with Gasteiger partial charge in [-0.15, -0.1) is 0 Å². The molecule has 1 aliphatic rings. The van der Waals surface area contributed by atoms with Crippen molar-refractivity contribution in [2.24, 2.45) is 0 Å². The number of halogens is 3. The molecule has 6 rings (SSSR count). The largest absolute Gasteiger partial charge is 0.392 e. The lowest BCUT2D eigenvalue weighted by molar-refractivity contribution is -0.253. The van der Waals surface area contributed by atoms with Crippen LogP contribution in [-0.2, 0) is 27.4 Å². The van der Waals surface area contributed by atoms with Crippen molar-refractivity contribution in [2.75, 3.05) is 13.6 Å². The number of benzene rings is 5. The summed E-state index contributed by atoms with van der Waals surface area (Å²) in [5, 5.41) is 14.7. The summed E-state index contributed by atoms with van der Waals surface area (Å²) >= 11 is 17.1. The molecule has 1 fully saturated rings. The SMILES string of the molecule is C[C@H](c1ccc2ccccc2c1)N(C)C[C@H]1C[C@@H](c2ccc(CO)cc2)O[C@@H](c2cccc(-c3cccc(CNC(=O)C(Cl)(Cl)Cl)c3)c2)O1. The molecule has 49 heavy (non-hydrogen) atoms. The minimum absolute atomic E-state index is 0.00904. The topological polar surface area (TPSA) is 71.0 Å². The average Bonchev–Trinajstić information content (AvgIpc) is 3.13. The standard InChI is InChI=1S/C40H39Cl3N2O4/c1-26(31-18-17-29-8-3-4-9-33(29)20-31)45(2)24-36-22-37(30-15-13-27(25-46)14-16-30)49-38(48-36)35-12-6-11-34(21-35)32-10-5-7-28(19-32)23-44-39(47)40(41,42)43/h3-21,26,36-38,46H,22-25H2,1-2H3,(H,44,47)/t26-,36-,37+,38+/m1/s1. The zero-order valence-corrected chi connectivity index (χ0v) is 29.6. The molecule has 0 bridgehead atoms. The maximum absolute atomic E-state index is 12.1. The molecule has 4 atom stereocenters. The van der Waals surface area contributed by atoms with E-state index < -0.39 is 16.0 Å². The van der Waals surface area contributed by atoms with E-state index in [-0.39, 0.29) is 31.4 Å². The van der Waals surface area contributed by atoms with Crippen LogP contribution in [0, 0.1) is 0 Å². The molecule has 0 radical (unpaired) electrons. The first-order valence-electron chi connectivity index (χ1n) is 16.3. The third-order valence-corrected chi connectivity index (χ3v) is 9.67. The number of nitrogens with zero attached hydrogens (tertiary/aromatic N) is 1. The van der Waals surface area contributed by atoms with E-state index in [4.69, 9.17) is 44.3 Å². The number of fused-ring (bicyclic) bond motifs is 1. The predicted octanol–water partition coefficient (Wildman–Crippen LogP) is 9.22. The van der Waals surface area contributed by atoms with Crippen LogP contribution in [-0.4, -0.2) is 39.4 Å². The first-order chi connectivity index (χ1) is 23.6. The van der Waals surface area contributed by atoms with Gasteiger partial charge in [-0.25, -0.2) is 0 Å². The molecule has 254 valence electrons. The van der Waals surface area contributed by atoms with Gasteiger partial charge in [0.15, 0.2) is 6.29 Å². The minimum atomic E-state index is -2.02. The molecule has 9 heteroatoms. The van der Waals surface area contributed by atoms with Gasteiger partial charge in [0.2, 0.25) is 0 Å². The Balaban J connectivity index is 1.23. The number of aliphatic hydroxyl groups excluding tert-OH is 1. The number of carbonyl (C=O) groups excluding carboxylic acids is 1. The van der Waals surface area contributed by atoms with Crippen molar-refractivity contribution in [3.63, 3.8) is 0 Å². The van der Waals surface area contributed by atoms with Gasteiger partial charge in [0.25, 0.3) is 9.70 Å². The molecular formula is C40H39Cl3N2O4. The van der Waals surface area contributed by atoms with E-state index in [1.807, 2.05) is 66.7 Å². The Labute approximate surface area is 302 Å². The number of hydrogen-bond acceptors (Lipinski definition) is 5. The Kier molecular flexibility index (Phi) is 11.3. The Bertz CT molecular complexity index is 1900. The van der Waals surface area contributed by atoms with Crippen molar-refractivity contribution in [3.8, 4) is 11.1 Å². The molecule has 0 aliphatic carbocycles. The van der Waals surface area contributed by atoms with E-state index in [1.54, 1.807) is 0 Å². The molecular weight excluding hydrogens is 679 g/mol. The van der Waals surface area contributed by atoms with E-state index in [9.17, 15) is 9.90 Å². The summed E-state index contributed by atoms with van der Waals surface area (Å²) in [5.74, 6) is -0.677. The third-order valence-electron chi connectivity index (χ3n) is 9.15. The van der Waals surface area contributed by atoms with Crippen LogP contribution < -0.4 is 5.32 Å². The first kappa shape index (κ1) is 35.4. The van der Waals surface area contributed by atoms with Gasteiger partial charge in [0.05, 0.1) is 18.8 Å². The summed E-state index contributed by atoms with van der Waals surface area (Å²) in [4.78, 5) is 14.4. The molecule has 5 aromatic carbocycles. The van der Waals surface area contributed by atoms with Gasteiger partial charge in [-0.05, 0) is 76.3 Å². The lowest BCUT2D eigenvalue weighted by Crippen LogP contribution is -2.38. The van der Waals surface area contributed by atoms with E-state index in [2.05, 4.69) is 72.7 Å². The fourth-order valence-electron chi connectivity index (χ4n) is 6.24. The quantitative estimate of drug-likeness (QED) is 0.141. The maximum Gasteiger partial charge on any atom is 0.272 e. The van der Waals surface area contributed by atoms with Gasteiger partial charge >= 0.3 is 0 Å². The van der Waals surface area contributed by atoms with Gasteiger partial charge in [0.1, 0.15) is 0 Å². The molecule has 0 unspecified atom stereocenters. The van der Waals surface area contributed by atoms with Crippen LogP contribution in [0.4, 0.5) is 0 Å². The lowest BCUT2D eigenvalue weighted by Gasteiger charge is -2.39. The number of carbonyl (C=O) groups is 1. The van der Waals surface area contributed by atoms with Gasteiger partial charge in [-0.1, -0.05) is 132 Å². The number of nitrogens with one attached hydrogen (secondary N) is 1. The van der Waals surface area contributed by atoms with E-state index in [0.717, 1.165) is 33.4 Å². The second-order valence-electron chi connectivity index (χ2n) is 12.6. The maximum atomic E-state index is 12.1. The fourth-order valence-corrected chi connectivity index (χ4v) is 6.44. The Morgan fingerprint density at radius 3 is 2.29 bits per heavy atom. The van der Waals surface area contributed by atoms with Gasteiger partial charge < -0.3 is 19.9 Å². The fraction of sp³-hybridized carbons (Fsp3) is 0.275. The van der Waals surface area contributed by atoms with Crippen molar-refractivity contribution in [3.05, 3.63) is 143 Å². The second-order valence-corrected chi connectivity index (χ2v) is 14.9. The van der Waals surface area contributed by atoms with Crippen LogP contribution in [0.5, 0.6) is 0 Å². The van der Waals surface area contributed by atoms with E-state index >= 15 is 0 Å². The highest BCUT2D eigenvalue weighted by Crippen LogP contribution is 2.39. The number of rotatable bonds is 10. The normalized spacial score (nSPS) is 18.8. The minimum Gasteiger partial charge on any atom is -0.392 e. The summed E-state index contributed by atoms with van der Waals surface area (Å²) in [6.45, 7) is 3.15. The smallest absolute Gasteiger partial charge is 0.272 e. The molecule has 5 aromatic rings. The molecule has 1 aliphatic heterocycles. The molecule has 0 spiro atoms. The Hall–Kier alpha value is -3.46. The third kappa shape index (κ3) is 8.83. The number of likely N-dealkylation sites (N-methyl/N-ethyl adjacent to an activating group) is 1. The zero-order valence-electron chi connectivity index (χ0n) is 27.4. The highest BCUT2D eigenvalue weighted by atomic mass is 35.6. The van der Waals surface area contributed by atoms with Crippen LogP contribution in [0.1, 0.15) is 59.6 Å². The van der Waals surface area contributed by atoms with E-state index in [1.165, 1.54) is 16.3 Å². The van der Waals surface area contributed by atoms with Gasteiger partial charge in [-0.3, -0.25) is 9.69 Å². The summed E-state index contributed by atoms with van der Waals surface area (Å²) in [6, 6.07) is 39.2. The van der Waals surface area contributed by atoms with Gasteiger partial charge in [0, 0.05) is 31.1 Å². The average molecular weight is 718 g/mol. The van der Waals surface area contributed by atoms with Crippen LogP contribution in [0.3, 0.4) is 0 Å². The molecule has 2 N–H and O–H groups in total.